The fourth-order valence-electron chi connectivity index (χ4n) is 0.479. The Morgan fingerprint density at radius 3 is 2.75 bits per heavy atom. The molecule has 0 saturated carbocycles. The Bertz CT molecular complexity index is 173. The summed E-state index contributed by atoms with van der Waals surface area (Å²) in [5, 5.41) is 3.69. The van der Waals surface area contributed by atoms with Crippen LogP contribution in [0.2, 0.25) is 0 Å². The van der Waals surface area contributed by atoms with Gasteiger partial charge in [0, 0.05) is 0 Å². The van der Waals surface area contributed by atoms with Gasteiger partial charge in [0.25, 0.3) is 0 Å². The smallest absolute Gasteiger partial charge is 0.137 e. The molecule has 0 fully saturated rings. The number of aromatic nitrogens is 1. The molecule has 0 radical (unpaired) electrons. The first-order chi connectivity index (χ1) is 3.84. The molecule has 0 aromatic carbocycles. The van der Waals surface area contributed by atoms with Gasteiger partial charge in [-0.1, -0.05) is 5.16 Å². The molecule has 0 amide bonds. The highest BCUT2D eigenvalue weighted by Crippen LogP contribution is 2.16. The Hall–Kier alpha value is -0.440. The molecule has 1 aromatic rings. The third-order valence-corrected chi connectivity index (χ3v) is 1.76. The third kappa shape index (κ3) is 0.865. The van der Waals surface area contributed by atoms with E-state index in [0.29, 0.717) is 0 Å². The van der Waals surface area contributed by atoms with E-state index in [0.717, 1.165) is 10.6 Å². The van der Waals surface area contributed by atoms with Gasteiger partial charge in [-0.05, 0) is 13.2 Å². The van der Waals surface area contributed by atoms with Gasteiger partial charge in [-0.2, -0.15) is 0 Å². The molecule has 8 heavy (non-hydrogen) atoms. The minimum absolute atomic E-state index is 0.970. The van der Waals surface area contributed by atoms with Crippen LogP contribution < -0.4 is 0 Å². The fourth-order valence-corrected chi connectivity index (χ4v) is 0.951. The average molecular weight is 129 g/mol. The lowest BCUT2D eigenvalue weighted by Gasteiger charge is -1.82. The van der Waals surface area contributed by atoms with Gasteiger partial charge in [0.2, 0.25) is 0 Å². The van der Waals surface area contributed by atoms with Crippen molar-refractivity contribution in [3.8, 4) is 0 Å². The maximum atomic E-state index is 4.67. The molecule has 3 heteroatoms. The van der Waals surface area contributed by atoms with E-state index < -0.39 is 0 Å². The zero-order valence-corrected chi connectivity index (χ0v) is 5.66. The van der Waals surface area contributed by atoms with Crippen LogP contribution in [-0.4, -0.2) is 11.4 Å². The Morgan fingerprint density at radius 1 is 1.75 bits per heavy atom. The molecule has 1 rings (SSSR count). The predicted molar refractivity (Wildman–Crippen MR) is 33.0 cm³/mol. The van der Waals surface area contributed by atoms with Crippen molar-refractivity contribution in [1.82, 2.24) is 5.16 Å². The summed E-state index contributed by atoms with van der Waals surface area (Å²) in [7, 11) is 0. The van der Waals surface area contributed by atoms with Gasteiger partial charge >= 0.3 is 0 Å². The molecule has 2 nitrogen and oxygen atoms in total. The highest BCUT2D eigenvalue weighted by atomic mass is 32.2. The van der Waals surface area contributed by atoms with Crippen LogP contribution in [0.15, 0.2) is 15.7 Å². The Morgan fingerprint density at radius 2 is 2.50 bits per heavy atom. The number of aryl methyl sites for hydroxylation is 1. The quantitative estimate of drug-likeness (QED) is 0.540. The summed E-state index contributed by atoms with van der Waals surface area (Å²) in [6.45, 7) is 1.93. The molecule has 1 heterocycles. The van der Waals surface area contributed by atoms with Crippen LogP contribution in [0, 0.1) is 6.92 Å². The van der Waals surface area contributed by atoms with Crippen molar-refractivity contribution >= 4 is 11.8 Å². The van der Waals surface area contributed by atoms with Crippen molar-refractivity contribution in [2.75, 3.05) is 6.26 Å². The lowest BCUT2D eigenvalue weighted by atomic mass is 10.5. The van der Waals surface area contributed by atoms with E-state index in [1.54, 1.807) is 18.0 Å². The summed E-state index contributed by atoms with van der Waals surface area (Å²) in [4.78, 5) is 1.12. The molecular weight excluding hydrogens is 122 g/mol. The summed E-state index contributed by atoms with van der Waals surface area (Å²) in [6.07, 6.45) is 3.65. The van der Waals surface area contributed by atoms with E-state index in [4.69, 9.17) is 0 Å². The molecule has 0 unspecified atom stereocenters. The van der Waals surface area contributed by atoms with Crippen LogP contribution in [0.3, 0.4) is 0 Å². The first-order valence-electron chi connectivity index (χ1n) is 2.29. The van der Waals surface area contributed by atoms with Crippen LogP contribution in [0.1, 0.15) is 5.69 Å². The van der Waals surface area contributed by atoms with E-state index in [1.807, 2.05) is 13.2 Å². The standard InChI is InChI=1S/C5H7NOS/c1-4-5(8-2)3-7-6-4/h3H,1-2H3. The lowest BCUT2D eigenvalue weighted by Crippen LogP contribution is -1.68. The van der Waals surface area contributed by atoms with E-state index in [1.165, 1.54) is 0 Å². The van der Waals surface area contributed by atoms with Crippen LogP contribution in [0.4, 0.5) is 0 Å². The molecule has 0 atom stereocenters. The summed E-state index contributed by atoms with van der Waals surface area (Å²) < 4.78 is 4.67. The molecule has 0 aliphatic carbocycles. The van der Waals surface area contributed by atoms with Gasteiger partial charge in [0.05, 0.1) is 10.6 Å². The molecule has 0 aliphatic heterocycles. The predicted octanol–water partition coefficient (Wildman–Crippen LogP) is 1.70. The second-order valence-electron chi connectivity index (χ2n) is 1.47. The highest BCUT2D eigenvalue weighted by molar-refractivity contribution is 7.98. The molecule has 0 spiro atoms. The minimum atomic E-state index is 0.970. The van der Waals surface area contributed by atoms with Crippen molar-refractivity contribution in [1.29, 1.82) is 0 Å². The number of hydrogen-bond acceptors (Lipinski definition) is 3. The van der Waals surface area contributed by atoms with E-state index in [9.17, 15) is 0 Å². The summed E-state index contributed by atoms with van der Waals surface area (Å²) in [6, 6.07) is 0. The largest absolute Gasteiger partial charge is 0.363 e. The van der Waals surface area contributed by atoms with Gasteiger partial charge in [0.15, 0.2) is 0 Å². The summed E-state index contributed by atoms with van der Waals surface area (Å²) in [5.41, 5.74) is 0.970. The number of rotatable bonds is 1. The first-order valence-corrected chi connectivity index (χ1v) is 3.52. The van der Waals surface area contributed by atoms with Gasteiger partial charge in [-0.15, -0.1) is 11.8 Å². The van der Waals surface area contributed by atoms with Crippen molar-refractivity contribution in [2.24, 2.45) is 0 Å². The molecule has 0 aliphatic rings. The second kappa shape index (κ2) is 2.22. The second-order valence-corrected chi connectivity index (χ2v) is 2.32. The van der Waals surface area contributed by atoms with Gasteiger partial charge in [-0.3, -0.25) is 0 Å². The minimum Gasteiger partial charge on any atom is -0.363 e. The Labute approximate surface area is 52.2 Å². The molecular formula is C5H7NOS. The van der Waals surface area contributed by atoms with E-state index in [-0.39, 0.29) is 0 Å². The Balaban J connectivity index is 2.92. The van der Waals surface area contributed by atoms with Crippen molar-refractivity contribution in [3.05, 3.63) is 12.0 Å². The van der Waals surface area contributed by atoms with Crippen LogP contribution in [0.25, 0.3) is 0 Å². The number of nitrogens with zero attached hydrogens (tertiary/aromatic N) is 1. The van der Waals surface area contributed by atoms with Gasteiger partial charge in [-0.25, -0.2) is 0 Å². The zero-order chi connectivity index (χ0) is 5.98. The van der Waals surface area contributed by atoms with Crippen molar-refractivity contribution in [3.63, 3.8) is 0 Å². The molecule has 0 saturated heterocycles. The van der Waals surface area contributed by atoms with Gasteiger partial charge < -0.3 is 4.52 Å². The maximum Gasteiger partial charge on any atom is 0.137 e. The van der Waals surface area contributed by atoms with Crippen LogP contribution in [0.5, 0.6) is 0 Å². The lowest BCUT2D eigenvalue weighted by molar-refractivity contribution is 0.413. The summed E-state index contributed by atoms with van der Waals surface area (Å²) >= 11 is 1.65. The average Bonchev–Trinajstić information content (AvgIpc) is 2.14. The number of thioether (sulfide) groups is 1. The highest BCUT2D eigenvalue weighted by Gasteiger charge is 1.97. The van der Waals surface area contributed by atoms with Crippen LogP contribution >= 0.6 is 11.8 Å². The van der Waals surface area contributed by atoms with E-state index in [2.05, 4.69) is 9.68 Å². The number of hydrogen-bond donors (Lipinski definition) is 0. The molecule has 0 N–H and O–H groups in total. The van der Waals surface area contributed by atoms with E-state index >= 15 is 0 Å². The monoisotopic (exact) mass is 129 g/mol. The van der Waals surface area contributed by atoms with Gasteiger partial charge in [0.1, 0.15) is 6.26 Å². The maximum absolute atomic E-state index is 4.67. The summed E-state index contributed by atoms with van der Waals surface area (Å²) in [5.74, 6) is 0. The molecule has 0 bridgehead atoms. The Kier molecular flexibility index (Phi) is 1.58. The molecule has 1 aromatic heterocycles. The topological polar surface area (TPSA) is 26.0 Å². The normalized spacial score (nSPS) is 9.75. The van der Waals surface area contributed by atoms with Crippen molar-refractivity contribution in [2.45, 2.75) is 11.8 Å². The zero-order valence-electron chi connectivity index (χ0n) is 4.84. The third-order valence-electron chi connectivity index (χ3n) is 0.926. The fraction of sp³-hybridized carbons (Fsp3) is 0.400. The molecule has 44 valence electrons. The van der Waals surface area contributed by atoms with Crippen LogP contribution in [-0.2, 0) is 0 Å². The van der Waals surface area contributed by atoms with Crippen molar-refractivity contribution < 1.29 is 4.52 Å². The first kappa shape index (κ1) is 5.69. The SMILES string of the molecule is CSc1conc1C.